The van der Waals surface area contributed by atoms with E-state index >= 15 is 0 Å². The number of aryl methyl sites for hydroxylation is 1. The fraction of sp³-hybridized carbons (Fsp3) is 0.318. The molecule has 2 aromatic rings. The zero-order chi connectivity index (χ0) is 19.8. The van der Waals surface area contributed by atoms with Crippen molar-refractivity contribution in [3.63, 3.8) is 0 Å². The lowest BCUT2D eigenvalue weighted by molar-refractivity contribution is -0.147. The quantitative estimate of drug-likeness (QED) is 0.592. The first-order valence-corrected chi connectivity index (χ1v) is 9.52. The Hall–Kier alpha value is -3.15. The Labute approximate surface area is 164 Å². The Morgan fingerprint density at radius 2 is 1.75 bits per heavy atom. The molecule has 0 atom stereocenters. The highest BCUT2D eigenvalue weighted by atomic mass is 16.5. The summed E-state index contributed by atoms with van der Waals surface area (Å²) in [6.45, 7) is 0.749. The summed E-state index contributed by atoms with van der Waals surface area (Å²) in [6.07, 6.45) is 2.46. The molecule has 6 heteroatoms. The van der Waals surface area contributed by atoms with Crippen LogP contribution in [0.15, 0.2) is 54.6 Å². The second-order valence-electron chi connectivity index (χ2n) is 6.66. The number of para-hydroxylation sites is 1. The van der Waals surface area contributed by atoms with Gasteiger partial charge in [0.05, 0.1) is 0 Å². The number of rotatable bonds is 7. The summed E-state index contributed by atoms with van der Waals surface area (Å²) in [7, 11) is 0. The van der Waals surface area contributed by atoms with E-state index in [1.165, 1.54) is 0 Å². The van der Waals surface area contributed by atoms with Crippen LogP contribution >= 0.6 is 0 Å². The SMILES string of the molecule is O=C(CCCNC(=O)c1ccccc1)OCC(=O)N1CCCc2ccccc21. The highest BCUT2D eigenvalue weighted by Gasteiger charge is 2.22. The van der Waals surface area contributed by atoms with Gasteiger partial charge in [-0.05, 0) is 43.0 Å². The molecule has 0 unspecified atom stereocenters. The van der Waals surface area contributed by atoms with Gasteiger partial charge in [0.15, 0.2) is 6.61 Å². The maximum absolute atomic E-state index is 12.4. The van der Waals surface area contributed by atoms with Gasteiger partial charge in [-0.1, -0.05) is 36.4 Å². The van der Waals surface area contributed by atoms with E-state index in [4.69, 9.17) is 4.74 Å². The number of benzene rings is 2. The summed E-state index contributed by atoms with van der Waals surface area (Å²) >= 11 is 0. The molecule has 2 aromatic carbocycles. The van der Waals surface area contributed by atoms with Gasteiger partial charge >= 0.3 is 5.97 Å². The van der Waals surface area contributed by atoms with Crippen LogP contribution < -0.4 is 10.2 Å². The molecule has 0 spiro atoms. The fourth-order valence-electron chi connectivity index (χ4n) is 3.21. The number of anilines is 1. The Bertz CT molecular complexity index is 835. The van der Waals surface area contributed by atoms with E-state index in [2.05, 4.69) is 5.32 Å². The molecular formula is C22H24N2O4. The summed E-state index contributed by atoms with van der Waals surface area (Å²) in [6, 6.07) is 16.7. The number of carbonyl (C=O) groups excluding carboxylic acids is 3. The molecule has 0 saturated heterocycles. The minimum absolute atomic E-state index is 0.152. The number of amides is 2. The fourth-order valence-corrected chi connectivity index (χ4v) is 3.21. The van der Waals surface area contributed by atoms with E-state index in [0.29, 0.717) is 25.1 Å². The van der Waals surface area contributed by atoms with Crippen molar-refractivity contribution >= 4 is 23.5 Å². The second-order valence-corrected chi connectivity index (χ2v) is 6.66. The number of hydrogen-bond donors (Lipinski definition) is 1. The smallest absolute Gasteiger partial charge is 0.306 e. The predicted octanol–water partition coefficient (Wildman–Crippen LogP) is 2.72. The van der Waals surface area contributed by atoms with Crippen LogP contribution in [0.1, 0.15) is 35.2 Å². The highest BCUT2D eigenvalue weighted by molar-refractivity contribution is 5.96. The molecule has 0 radical (unpaired) electrons. The molecule has 146 valence electrons. The molecule has 0 aromatic heterocycles. The van der Waals surface area contributed by atoms with Crippen LogP contribution in [-0.4, -0.2) is 37.5 Å². The molecule has 28 heavy (non-hydrogen) atoms. The van der Waals surface area contributed by atoms with Crippen molar-refractivity contribution in [2.45, 2.75) is 25.7 Å². The lowest BCUT2D eigenvalue weighted by Crippen LogP contribution is -2.38. The van der Waals surface area contributed by atoms with Crippen molar-refractivity contribution < 1.29 is 19.1 Å². The molecule has 2 amide bonds. The van der Waals surface area contributed by atoms with Gasteiger partial charge in [-0.15, -0.1) is 0 Å². The van der Waals surface area contributed by atoms with Crippen molar-refractivity contribution in [1.82, 2.24) is 5.32 Å². The largest absolute Gasteiger partial charge is 0.456 e. The molecule has 1 aliphatic rings. The Morgan fingerprint density at radius 3 is 2.57 bits per heavy atom. The molecule has 0 aliphatic carbocycles. The maximum atomic E-state index is 12.4. The van der Waals surface area contributed by atoms with Crippen molar-refractivity contribution in [2.24, 2.45) is 0 Å². The van der Waals surface area contributed by atoms with Crippen LogP contribution in [0.3, 0.4) is 0 Å². The van der Waals surface area contributed by atoms with Gasteiger partial charge in [-0.2, -0.15) is 0 Å². The maximum Gasteiger partial charge on any atom is 0.306 e. The van der Waals surface area contributed by atoms with Gasteiger partial charge in [0, 0.05) is 30.8 Å². The Morgan fingerprint density at radius 1 is 1.00 bits per heavy atom. The summed E-state index contributed by atoms with van der Waals surface area (Å²) in [5.41, 5.74) is 2.62. The second kappa shape index (κ2) is 9.69. The third kappa shape index (κ3) is 5.19. The predicted molar refractivity (Wildman–Crippen MR) is 106 cm³/mol. The zero-order valence-corrected chi connectivity index (χ0v) is 15.7. The van der Waals surface area contributed by atoms with Crippen LogP contribution in [0.25, 0.3) is 0 Å². The lowest BCUT2D eigenvalue weighted by atomic mass is 10.0. The van der Waals surface area contributed by atoms with Crippen LogP contribution in [-0.2, 0) is 20.7 Å². The number of nitrogens with zero attached hydrogens (tertiary/aromatic N) is 1. The Balaban J connectivity index is 1.37. The summed E-state index contributed by atoms with van der Waals surface area (Å²) in [4.78, 5) is 37.9. The summed E-state index contributed by atoms with van der Waals surface area (Å²) in [5, 5.41) is 2.76. The minimum Gasteiger partial charge on any atom is -0.456 e. The average Bonchev–Trinajstić information content (AvgIpc) is 2.75. The number of esters is 1. The van der Waals surface area contributed by atoms with Gasteiger partial charge in [0.2, 0.25) is 0 Å². The third-order valence-electron chi connectivity index (χ3n) is 4.65. The number of nitrogens with one attached hydrogen (secondary N) is 1. The number of ether oxygens (including phenoxy) is 1. The van der Waals surface area contributed by atoms with Crippen molar-refractivity contribution in [3.8, 4) is 0 Å². The van der Waals surface area contributed by atoms with Crippen molar-refractivity contribution in [1.29, 1.82) is 0 Å². The molecule has 6 nitrogen and oxygen atoms in total. The number of carbonyl (C=O) groups is 3. The highest BCUT2D eigenvalue weighted by Crippen LogP contribution is 2.26. The zero-order valence-electron chi connectivity index (χ0n) is 15.7. The first-order chi connectivity index (χ1) is 13.6. The summed E-state index contributed by atoms with van der Waals surface area (Å²) in [5.74, 6) is -0.821. The van der Waals surface area contributed by atoms with E-state index < -0.39 is 5.97 Å². The third-order valence-corrected chi connectivity index (χ3v) is 4.65. The van der Waals surface area contributed by atoms with E-state index in [-0.39, 0.29) is 24.8 Å². The Kier molecular flexibility index (Phi) is 6.78. The van der Waals surface area contributed by atoms with Gasteiger partial charge in [-0.25, -0.2) is 0 Å². The first-order valence-electron chi connectivity index (χ1n) is 9.52. The van der Waals surface area contributed by atoms with E-state index in [1.54, 1.807) is 29.2 Å². The molecule has 1 aliphatic heterocycles. The monoisotopic (exact) mass is 380 g/mol. The van der Waals surface area contributed by atoms with Crippen molar-refractivity contribution in [2.75, 3.05) is 24.6 Å². The lowest BCUT2D eigenvalue weighted by Gasteiger charge is -2.29. The molecule has 3 rings (SSSR count). The first kappa shape index (κ1) is 19.6. The number of fused-ring (bicyclic) bond motifs is 1. The molecule has 1 N–H and O–H groups in total. The van der Waals surface area contributed by atoms with Crippen LogP contribution in [0.4, 0.5) is 5.69 Å². The molecular weight excluding hydrogens is 356 g/mol. The van der Waals surface area contributed by atoms with Gasteiger partial charge < -0.3 is 15.0 Å². The van der Waals surface area contributed by atoms with Gasteiger partial charge in [-0.3, -0.25) is 14.4 Å². The normalized spacial score (nSPS) is 12.8. The van der Waals surface area contributed by atoms with Gasteiger partial charge in [0.25, 0.3) is 11.8 Å². The van der Waals surface area contributed by atoms with Crippen LogP contribution in [0.5, 0.6) is 0 Å². The number of hydrogen-bond acceptors (Lipinski definition) is 4. The van der Waals surface area contributed by atoms with Gasteiger partial charge in [0.1, 0.15) is 0 Å². The van der Waals surface area contributed by atoms with E-state index in [1.807, 2.05) is 30.3 Å². The standard InChI is InChI=1S/C22H24N2O4/c25-20(24-15-7-11-17-8-4-5-12-19(17)24)16-28-21(26)13-6-14-23-22(27)18-9-2-1-3-10-18/h1-5,8-10,12H,6-7,11,13-16H2,(H,23,27). The average molecular weight is 380 g/mol. The molecule has 0 saturated carbocycles. The minimum atomic E-state index is -0.437. The van der Waals surface area contributed by atoms with E-state index in [0.717, 1.165) is 24.1 Å². The van der Waals surface area contributed by atoms with Crippen LogP contribution in [0, 0.1) is 0 Å². The van der Waals surface area contributed by atoms with Crippen LogP contribution in [0.2, 0.25) is 0 Å². The molecule has 0 bridgehead atoms. The topological polar surface area (TPSA) is 75.7 Å². The van der Waals surface area contributed by atoms with Crippen molar-refractivity contribution in [3.05, 3.63) is 65.7 Å². The molecule has 0 fully saturated rings. The summed E-state index contributed by atoms with van der Waals surface area (Å²) < 4.78 is 5.12. The van der Waals surface area contributed by atoms with E-state index in [9.17, 15) is 14.4 Å². The molecule has 1 heterocycles.